The van der Waals surface area contributed by atoms with E-state index in [1.165, 1.54) is 44.9 Å². The minimum absolute atomic E-state index is 0.307. The van der Waals surface area contributed by atoms with Crippen molar-refractivity contribution >= 4 is 0 Å². The third-order valence-corrected chi connectivity index (χ3v) is 5.10. The third kappa shape index (κ3) is 3.95. The van der Waals surface area contributed by atoms with Crippen molar-refractivity contribution < 1.29 is 4.74 Å². The maximum Gasteiger partial charge on any atom is 0.0656 e. The summed E-state index contributed by atoms with van der Waals surface area (Å²) in [6, 6.07) is 1.42. The third-order valence-electron chi connectivity index (χ3n) is 5.10. The van der Waals surface area contributed by atoms with E-state index in [0.717, 1.165) is 12.6 Å². The second kappa shape index (κ2) is 6.58. The Bertz CT molecular complexity index is 266. The average Bonchev–Trinajstić information content (AvgIpc) is 2.61. The predicted molar refractivity (Wildman–Crippen MR) is 81.4 cm³/mol. The molecule has 2 fully saturated rings. The quantitative estimate of drug-likeness (QED) is 0.756. The molecule has 2 aliphatic rings. The Morgan fingerprint density at radius 2 is 1.74 bits per heavy atom. The summed E-state index contributed by atoms with van der Waals surface area (Å²) >= 11 is 0. The molecule has 112 valence electrons. The molecule has 0 bridgehead atoms. The van der Waals surface area contributed by atoms with E-state index in [2.05, 4.69) is 33.0 Å². The van der Waals surface area contributed by atoms with E-state index in [9.17, 15) is 0 Å². The van der Waals surface area contributed by atoms with Crippen LogP contribution in [0.25, 0.3) is 0 Å². The van der Waals surface area contributed by atoms with Crippen molar-refractivity contribution in [2.75, 3.05) is 6.61 Å². The molecule has 2 saturated carbocycles. The first-order valence-electron chi connectivity index (χ1n) is 8.38. The molecular formula is C17H33NO. The maximum atomic E-state index is 6.06. The highest BCUT2D eigenvalue weighted by Gasteiger charge is 2.49. The Morgan fingerprint density at radius 3 is 2.26 bits per heavy atom. The van der Waals surface area contributed by atoms with Gasteiger partial charge in [-0.2, -0.15) is 0 Å². The van der Waals surface area contributed by atoms with Gasteiger partial charge in [0, 0.05) is 24.1 Å². The average molecular weight is 267 g/mol. The van der Waals surface area contributed by atoms with Crippen molar-refractivity contribution in [2.45, 2.75) is 90.8 Å². The Hall–Kier alpha value is -0.0800. The van der Waals surface area contributed by atoms with Gasteiger partial charge in [0.2, 0.25) is 0 Å². The van der Waals surface area contributed by atoms with Crippen LogP contribution in [0.4, 0.5) is 0 Å². The molecule has 0 aliphatic heterocycles. The van der Waals surface area contributed by atoms with Crippen molar-refractivity contribution in [3.05, 3.63) is 0 Å². The molecule has 1 N–H and O–H groups in total. The van der Waals surface area contributed by atoms with Gasteiger partial charge in [-0.1, -0.05) is 53.4 Å². The van der Waals surface area contributed by atoms with E-state index in [1.54, 1.807) is 0 Å². The SMILES string of the molecule is CC(C)COC1CC(NC2CCCCCC2)C1(C)C. The molecule has 0 amide bonds. The van der Waals surface area contributed by atoms with Gasteiger partial charge in [-0.05, 0) is 25.2 Å². The topological polar surface area (TPSA) is 21.3 Å². The van der Waals surface area contributed by atoms with E-state index in [0.29, 0.717) is 23.5 Å². The normalized spacial score (nSPS) is 32.1. The molecule has 2 nitrogen and oxygen atoms in total. The van der Waals surface area contributed by atoms with Crippen LogP contribution in [-0.4, -0.2) is 24.8 Å². The molecule has 2 aliphatic carbocycles. The first-order chi connectivity index (χ1) is 9.00. The lowest BCUT2D eigenvalue weighted by Crippen LogP contribution is -2.62. The van der Waals surface area contributed by atoms with Gasteiger partial charge >= 0.3 is 0 Å². The molecule has 0 aromatic rings. The second-order valence-electron chi connectivity index (χ2n) is 7.68. The highest BCUT2D eigenvalue weighted by atomic mass is 16.5. The highest BCUT2D eigenvalue weighted by molar-refractivity contribution is 5.03. The van der Waals surface area contributed by atoms with E-state index in [4.69, 9.17) is 4.74 Å². The fraction of sp³-hybridized carbons (Fsp3) is 1.00. The molecule has 2 heteroatoms. The Balaban J connectivity index is 1.76. The van der Waals surface area contributed by atoms with Crippen LogP contribution in [0.2, 0.25) is 0 Å². The van der Waals surface area contributed by atoms with Crippen molar-refractivity contribution in [1.29, 1.82) is 0 Å². The Morgan fingerprint density at radius 1 is 1.11 bits per heavy atom. The van der Waals surface area contributed by atoms with Gasteiger partial charge in [0.1, 0.15) is 0 Å². The van der Waals surface area contributed by atoms with E-state index >= 15 is 0 Å². The molecule has 0 heterocycles. The molecule has 19 heavy (non-hydrogen) atoms. The first kappa shape index (κ1) is 15.3. The van der Waals surface area contributed by atoms with Crippen molar-refractivity contribution in [3.63, 3.8) is 0 Å². The maximum absolute atomic E-state index is 6.06. The van der Waals surface area contributed by atoms with Crippen LogP contribution in [0.15, 0.2) is 0 Å². The molecule has 0 spiro atoms. The molecular weight excluding hydrogens is 234 g/mol. The summed E-state index contributed by atoms with van der Waals surface area (Å²) in [5.74, 6) is 0.643. The Kier molecular flexibility index (Phi) is 5.30. The smallest absolute Gasteiger partial charge is 0.0656 e. The van der Waals surface area contributed by atoms with Crippen LogP contribution in [-0.2, 0) is 4.74 Å². The van der Waals surface area contributed by atoms with Gasteiger partial charge in [0.15, 0.2) is 0 Å². The standard InChI is InChI=1S/C17H33NO/c1-13(2)12-19-16-11-15(17(16,3)4)18-14-9-7-5-6-8-10-14/h13-16,18H,5-12H2,1-4H3. The molecule has 0 radical (unpaired) electrons. The highest BCUT2D eigenvalue weighted by Crippen LogP contribution is 2.43. The van der Waals surface area contributed by atoms with E-state index in [1.807, 2.05) is 0 Å². The number of hydrogen-bond donors (Lipinski definition) is 1. The molecule has 0 aromatic carbocycles. The minimum Gasteiger partial charge on any atom is -0.377 e. The van der Waals surface area contributed by atoms with Gasteiger partial charge in [-0.25, -0.2) is 0 Å². The fourth-order valence-corrected chi connectivity index (χ4v) is 3.49. The van der Waals surface area contributed by atoms with Crippen LogP contribution in [0.5, 0.6) is 0 Å². The van der Waals surface area contributed by atoms with Gasteiger partial charge in [-0.15, -0.1) is 0 Å². The number of rotatable bonds is 5. The van der Waals surface area contributed by atoms with Gasteiger partial charge in [0.25, 0.3) is 0 Å². The zero-order valence-corrected chi connectivity index (χ0v) is 13.4. The predicted octanol–water partition coefficient (Wildman–Crippen LogP) is 4.14. The summed E-state index contributed by atoms with van der Waals surface area (Å²) in [5, 5.41) is 3.92. The summed E-state index contributed by atoms with van der Waals surface area (Å²) in [6.45, 7) is 10.1. The minimum atomic E-state index is 0.307. The molecule has 2 atom stereocenters. The molecule has 2 rings (SSSR count). The lowest BCUT2D eigenvalue weighted by atomic mass is 9.64. The van der Waals surface area contributed by atoms with E-state index in [-0.39, 0.29) is 0 Å². The van der Waals surface area contributed by atoms with Crippen LogP contribution in [0, 0.1) is 11.3 Å². The largest absolute Gasteiger partial charge is 0.377 e. The lowest BCUT2D eigenvalue weighted by molar-refractivity contribution is -0.126. The molecule has 0 aromatic heterocycles. The monoisotopic (exact) mass is 267 g/mol. The van der Waals surface area contributed by atoms with Crippen molar-refractivity contribution in [1.82, 2.24) is 5.32 Å². The lowest BCUT2D eigenvalue weighted by Gasteiger charge is -2.53. The van der Waals surface area contributed by atoms with Gasteiger partial charge in [0.05, 0.1) is 6.10 Å². The second-order valence-corrected chi connectivity index (χ2v) is 7.68. The van der Waals surface area contributed by atoms with Crippen LogP contribution < -0.4 is 5.32 Å². The number of ether oxygens (including phenoxy) is 1. The fourth-order valence-electron chi connectivity index (χ4n) is 3.49. The van der Waals surface area contributed by atoms with E-state index < -0.39 is 0 Å². The zero-order valence-electron chi connectivity index (χ0n) is 13.4. The summed E-state index contributed by atoms with van der Waals surface area (Å²) < 4.78 is 6.06. The summed E-state index contributed by atoms with van der Waals surface area (Å²) in [6.07, 6.45) is 10.1. The van der Waals surface area contributed by atoms with Crippen molar-refractivity contribution in [2.24, 2.45) is 11.3 Å². The summed E-state index contributed by atoms with van der Waals surface area (Å²) in [5.41, 5.74) is 0.307. The van der Waals surface area contributed by atoms with Gasteiger partial charge in [-0.3, -0.25) is 0 Å². The summed E-state index contributed by atoms with van der Waals surface area (Å²) in [7, 11) is 0. The molecule has 2 unspecified atom stereocenters. The van der Waals surface area contributed by atoms with Crippen LogP contribution in [0.3, 0.4) is 0 Å². The first-order valence-corrected chi connectivity index (χ1v) is 8.38. The zero-order chi connectivity index (χ0) is 13.9. The molecule has 0 saturated heterocycles. The number of hydrogen-bond acceptors (Lipinski definition) is 2. The van der Waals surface area contributed by atoms with Gasteiger partial charge < -0.3 is 10.1 Å². The van der Waals surface area contributed by atoms with Crippen LogP contribution >= 0.6 is 0 Å². The Labute approximate surface area is 119 Å². The number of nitrogens with one attached hydrogen (secondary N) is 1. The summed E-state index contributed by atoms with van der Waals surface area (Å²) in [4.78, 5) is 0. The van der Waals surface area contributed by atoms with Crippen molar-refractivity contribution in [3.8, 4) is 0 Å². The van der Waals surface area contributed by atoms with Crippen LogP contribution in [0.1, 0.15) is 72.6 Å².